The molecule has 0 aromatic heterocycles. The molecule has 168 valence electrons. The molecule has 7 nitrogen and oxygen atoms in total. The van der Waals surface area contributed by atoms with Crippen molar-refractivity contribution >= 4 is 15.8 Å². The number of hydrogen-bond acceptors (Lipinski definition) is 7. The van der Waals surface area contributed by atoms with Gasteiger partial charge in [-0.3, -0.25) is 4.79 Å². The highest BCUT2D eigenvalue weighted by Crippen LogP contribution is 2.36. The largest absolute Gasteiger partial charge is 0.497 e. The van der Waals surface area contributed by atoms with E-state index in [2.05, 4.69) is 0 Å². The van der Waals surface area contributed by atoms with E-state index >= 15 is 0 Å². The van der Waals surface area contributed by atoms with E-state index in [1.54, 1.807) is 68.6 Å². The molecule has 31 heavy (non-hydrogen) atoms. The summed E-state index contributed by atoms with van der Waals surface area (Å²) < 4.78 is 49.4. The van der Waals surface area contributed by atoms with Crippen molar-refractivity contribution in [3.8, 4) is 5.75 Å². The Hall–Kier alpha value is -2.42. The highest BCUT2D eigenvalue weighted by atomic mass is 32.2. The van der Waals surface area contributed by atoms with E-state index in [0.717, 1.165) is 0 Å². The lowest BCUT2D eigenvalue weighted by Crippen LogP contribution is -2.35. The van der Waals surface area contributed by atoms with Crippen LogP contribution in [0.5, 0.6) is 5.75 Å². The van der Waals surface area contributed by atoms with Crippen molar-refractivity contribution in [3.05, 3.63) is 60.2 Å². The highest BCUT2D eigenvalue weighted by molar-refractivity contribution is 7.92. The number of esters is 1. The summed E-state index contributed by atoms with van der Waals surface area (Å²) in [5.74, 6) is -0.813. The van der Waals surface area contributed by atoms with Crippen LogP contribution >= 0.6 is 0 Å². The number of ether oxygens (including phenoxy) is 4. The Morgan fingerprint density at radius 3 is 2.23 bits per heavy atom. The predicted molar refractivity (Wildman–Crippen MR) is 114 cm³/mol. The summed E-state index contributed by atoms with van der Waals surface area (Å²) in [5.41, 5.74) is 0.568. The van der Waals surface area contributed by atoms with Crippen LogP contribution < -0.4 is 4.74 Å². The number of rotatable bonds is 9. The average Bonchev–Trinajstić information content (AvgIpc) is 3.20. The molecule has 0 spiro atoms. The van der Waals surface area contributed by atoms with Gasteiger partial charge in [0.15, 0.2) is 15.6 Å². The second-order valence-electron chi connectivity index (χ2n) is 7.57. The van der Waals surface area contributed by atoms with Crippen molar-refractivity contribution in [1.82, 2.24) is 0 Å². The number of hydrogen-bond donors (Lipinski definition) is 0. The normalized spacial score (nSPS) is 17.6. The first-order valence-electron chi connectivity index (χ1n) is 10.1. The maximum Gasteiger partial charge on any atom is 0.303 e. The van der Waals surface area contributed by atoms with Crippen LogP contribution in [0.15, 0.2) is 59.5 Å². The summed E-state index contributed by atoms with van der Waals surface area (Å²) in [7, 11) is -2.30. The molecule has 0 bridgehead atoms. The predicted octanol–water partition coefficient (Wildman–Crippen LogP) is 3.69. The van der Waals surface area contributed by atoms with Crippen LogP contribution in [0.1, 0.15) is 38.4 Å². The molecule has 0 N–H and O–H groups in total. The summed E-state index contributed by atoms with van der Waals surface area (Å²) in [4.78, 5) is 12.1. The van der Waals surface area contributed by atoms with Gasteiger partial charge in [0.2, 0.25) is 0 Å². The van der Waals surface area contributed by atoms with Gasteiger partial charge in [0.25, 0.3) is 0 Å². The quantitative estimate of drug-likeness (QED) is 0.541. The van der Waals surface area contributed by atoms with Crippen molar-refractivity contribution < 1.29 is 32.2 Å². The molecule has 2 aromatic rings. The molecule has 1 heterocycles. The van der Waals surface area contributed by atoms with Crippen LogP contribution in [0.25, 0.3) is 0 Å². The molecular weight excluding hydrogens is 420 g/mol. The highest BCUT2D eigenvalue weighted by Gasteiger charge is 2.41. The molecule has 3 rings (SSSR count). The van der Waals surface area contributed by atoms with Crippen LogP contribution in [0.4, 0.5) is 0 Å². The van der Waals surface area contributed by atoms with Gasteiger partial charge in [-0.15, -0.1) is 0 Å². The van der Waals surface area contributed by atoms with Crippen LogP contribution in [0, 0.1) is 0 Å². The zero-order valence-electron chi connectivity index (χ0n) is 17.9. The zero-order chi connectivity index (χ0) is 22.5. The minimum Gasteiger partial charge on any atom is -0.497 e. The van der Waals surface area contributed by atoms with Gasteiger partial charge in [-0.25, -0.2) is 8.42 Å². The van der Waals surface area contributed by atoms with Crippen molar-refractivity contribution in [1.29, 1.82) is 0 Å². The van der Waals surface area contributed by atoms with Crippen LogP contribution in [0.2, 0.25) is 0 Å². The Balaban J connectivity index is 2.02. The fourth-order valence-corrected chi connectivity index (χ4v) is 5.54. The first kappa shape index (κ1) is 23.2. The lowest BCUT2D eigenvalue weighted by Gasteiger charge is -2.30. The number of methoxy groups -OCH3 is 1. The van der Waals surface area contributed by atoms with E-state index in [9.17, 15) is 13.2 Å². The molecule has 2 atom stereocenters. The van der Waals surface area contributed by atoms with Gasteiger partial charge in [-0.2, -0.15) is 0 Å². The Bertz CT molecular complexity index is 965. The van der Waals surface area contributed by atoms with E-state index in [1.165, 1.54) is 6.92 Å². The molecule has 1 aliphatic rings. The summed E-state index contributed by atoms with van der Waals surface area (Å²) >= 11 is 0. The van der Waals surface area contributed by atoms with Gasteiger partial charge < -0.3 is 18.9 Å². The molecule has 0 aliphatic carbocycles. The molecule has 0 saturated carbocycles. The van der Waals surface area contributed by atoms with E-state index in [1.807, 2.05) is 0 Å². The average molecular weight is 449 g/mol. The lowest BCUT2D eigenvalue weighted by molar-refractivity contribution is -0.151. The first-order chi connectivity index (χ1) is 14.7. The SMILES string of the molecule is COc1ccc(C(OC(C)=O)C(CCC2(C)OCCO2)S(=O)(=O)c2ccccc2)cc1. The zero-order valence-corrected chi connectivity index (χ0v) is 18.8. The minimum absolute atomic E-state index is 0.170. The third-order valence-electron chi connectivity index (χ3n) is 5.33. The Kier molecular flexibility index (Phi) is 7.35. The monoisotopic (exact) mass is 448 g/mol. The van der Waals surface area contributed by atoms with E-state index in [4.69, 9.17) is 18.9 Å². The second kappa shape index (κ2) is 9.80. The van der Waals surface area contributed by atoms with Crippen LogP contribution in [-0.2, 0) is 28.8 Å². The maximum absolute atomic E-state index is 13.7. The molecule has 1 fully saturated rings. The van der Waals surface area contributed by atoms with Gasteiger partial charge in [0.05, 0.1) is 25.2 Å². The van der Waals surface area contributed by atoms with Crippen molar-refractivity contribution in [2.75, 3.05) is 20.3 Å². The summed E-state index contributed by atoms with van der Waals surface area (Å²) in [6.45, 7) is 3.98. The molecule has 2 aromatic carbocycles. The third-order valence-corrected chi connectivity index (χ3v) is 7.54. The molecular formula is C23H28O7S. The summed E-state index contributed by atoms with van der Waals surface area (Å²) in [5, 5.41) is -1.03. The van der Waals surface area contributed by atoms with E-state index < -0.39 is 32.9 Å². The van der Waals surface area contributed by atoms with Gasteiger partial charge >= 0.3 is 5.97 Å². The van der Waals surface area contributed by atoms with Gasteiger partial charge in [0.1, 0.15) is 17.1 Å². The smallest absolute Gasteiger partial charge is 0.303 e. The molecule has 0 radical (unpaired) electrons. The Labute approximate surface area is 183 Å². The number of carbonyl (C=O) groups excluding carboxylic acids is 1. The van der Waals surface area contributed by atoms with Crippen LogP contribution in [0.3, 0.4) is 0 Å². The van der Waals surface area contributed by atoms with E-state index in [-0.39, 0.29) is 11.3 Å². The fraction of sp³-hybridized carbons (Fsp3) is 0.435. The molecule has 8 heteroatoms. The summed E-state index contributed by atoms with van der Waals surface area (Å²) in [6, 6.07) is 15.0. The molecule has 1 saturated heterocycles. The van der Waals surface area contributed by atoms with Crippen molar-refractivity contribution in [2.45, 2.75) is 48.7 Å². The minimum atomic E-state index is -3.85. The second-order valence-corrected chi connectivity index (χ2v) is 9.74. The van der Waals surface area contributed by atoms with Gasteiger partial charge in [0, 0.05) is 13.3 Å². The number of sulfone groups is 1. The third kappa shape index (κ3) is 5.64. The van der Waals surface area contributed by atoms with Crippen molar-refractivity contribution in [3.63, 3.8) is 0 Å². The molecule has 0 amide bonds. The molecule has 2 unspecified atom stereocenters. The Morgan fingerprint density at radius 1 is 1.06 bits per heavy atom. The van der Waals surface area contributed by atoms with Crippen molar-refractivity contribution in [2.24, 2.45) is 0 Å². The van der Waals surface area contributed by atoms with Crippen LogP contribution in [-0.4, -0.2) is 45.7 Å². The Morgan fingerprint density at radius 2 is 1.68 bits per heavy atom. The summed E-state index contributed by atoms with van der Waals surface area (Å²) in [6.07, 6.45) is -0.492. The molecule has 1 aliphatic heterocycles. The first-order valence-corrected chi connectivity index (χ1v) is 11.7. The lowest BCUT2D eigenvalue weighted by atomic mass is 10.0. The fourth-order valence-electron chi connectivity index (χ4n) is 3.69. The number of benzene rings is 2. The van der Waals surface area contributed by atoms with E-state index in [0.29, 0.717) is 30.9 Å². The van der Waals surface area contributed by atoms with Gasteiger partial charge in [-0.05, 0) is 43.2 Å². The maximum atomic E-state index is 13.7. The number of carbonyl (C=O) groups is 1. The van der Waals surface area contributed by atoms with Gasteiger partial charge in [-0.1, -0.05) is 30.3 Å². The standard InChI is InChI=1S/C23H28O7S/c1-17(24)30-22(18-9-11-19(27-3)12-10-18)21(13-14-23(2)28-15-16-29-23)31(25,26)20-7-5-4-6-8-20/h4-12,21-22H,13-16H2,1-3H3. The topological polar surface area (TPSA) is 88.1 Å².